The Balaban J connectivity index is 1.80. The number of rotatable bonds is 5. The number of nitrogens with zero attached hydrogens (tertiary/aromatic N) is 2. The van der Waals surface area contributed by atoms with E-state index in [1.807, 2.05) is 0 Å². The summed E-state index contributed by atoms with van der Waals surface area (Å²) in [5.74, 6) is 0.680. The van der Waals surface area contributed by atoms with Crippen LogP contribution in [0.25, 0.3) is 0 Å². The Morgan fingerprint density at radius 2 is 2.53 bits per heavy atom. The van der Waals surface area contributed by atoms with E-state index >= 15 is 0 Å². The van der Waals surface area contributed by atoms with Gasteiger partial charge in [0.05, 0.1) is 12.7 Å². The van der Waals surface area contributed by atoms with Gasteiger partial charge in [-0.05, 0) is 19.4 Å². The third-order valence-electron chi connectivity index (χ3n) is 2.59. The lowest BCUT2D eigenvalue weighted by atomic mass is 10.4. The first-order valence-corrected chi connectivity index (χ1v) is 5.33. The second-order valence-corrected chi connectivity index (χ2v) is 3.81. The monoisotopic (exact) mass is 208 g/mol. The number of aromatic amines is 1. The second kappa shape index (κ2) is 4.44. The fourth-order valence-corrected chi connectivity index (χ4v) is 1.64. The lowest BCUT2D eigenvalue weighted by Crippen LogP contribution is -2.34. The van der Waals surface area contributed by atoms with Gasteiger partial charge >= 0.3 is 0 Å². The van der Waals surface area contributed by atoms with Gasteiger partial charge in [0.15, 0.2) is 0 Å². The Morgan fingerprint density at radius 3 is 3.07 bits per heavy atom. The van der Waals surface area contributed by atoms with Crippen molar-refractivity contribution in [3.63, 3.8) is 0 Å². The van der Waals surface area contributed by atoms with Crippen LogP contribution in [0.15, 0.2) is 12.3 Å². The minimum atomic E-state index is 0.0213. The van der Waals surface area contributed by atoms with Gasteiger partial charge in [-0.2, -0.15) is 5.10 Å². The van der Waals surface area contributed by atoms with E-state index < -0.39 is 0 Å². The molecule has 5 heteroatoms. The summed E-state index contributed by atoms with van der Waals surface area (Å²) in [7, 11) is 0. The summed E-state index contributed by atoms with van der Waals surface area (Å²) in [5, 5.41) is 9.24. The molecule has 0 saturated heterocycles. The maximum Gasteiger partial charge on any atom is 0.239 e. The molecule has 15 heavy (non-hydrogen) atoms. The van der Waals surface area contributed by atoms with Crippen molar-refractivity contribution < 1.29 is 4.79 Å². The molecule has 0 bridgehead atoms. The molecule has 0 spiro atoms. The quantitative estimate of drug-likeness (QED) is 0.753. The first-order chi connectivity index (χ1) is 7.29. The van der Waals surface area contributed by atoms with Crippen LogP contribution in [0, 0.1) is 0 Å². The molecule has 2 rings (SSSR count). The van der Waals surface area contributed by atoms with Crippen molar-refractivity contribution in [3.8, 4) is 0 Å². The van der Waals surface area contributed by atoms with Crippen LogP contribution in [-0.4, -0.2) is 40.1 Å². The van der Waals surface area contributed by atoms with Crippen LogP contribution in [-0.2, 0) is 4.79 Å². The minimum absolute atomic E-state index is 0.0213. The smallest absolute Gasteiger partial charge is 0.239 e. The summed E-state index contributed by atoms with van der Waals surface area (Å²) < 4.78 is 0. The first-order valence-electron chi connectivity index (χ1n) is 5.33. The van der Waals surface area contributed by atoms with Crippen molar-refractivity contribution in [1.82, 2.24) is 15.1 Å². The summed E-state index contributed by atoms with van der Waals surface area (Å²) >= 11 is 0. The highest BCUT2D eigenvalue weighted by atomic mass is 16.2. The van der Waals surface area contributed by atoms with Crippen LogP contribution >= 0.6 is 0 Å². The summed E-state index contributed by atoms with van der Waals surface area (Å²) in [5.41, 5.74) is 0. The lowest BCUT2D eigenvalue weighted by molar-refractivity contribution is -0.117. The molecule has 0 radical (unpaired) electrons. The standard InChI is InChI=1S/C10H16N4O/c1-2-14(8-3-4-8)7-10(15)12-9-5-6-11-13-9/h5-6,8H,2-4,7H2,1H3,(H2,11,12,13,15). The lowest BCUT2D eigenvalue weighted by Gasteiger charge is -2.18. The van der Waals surface area contributed by atoms with E-state index in [1.54, 1.807) is 12.3 Å². The Hall–Kier alpha value is -1.36. The molecule has 1 saturated carbocycles. The van der Waals surface area contributed by atoms with Gasteiger partial charge in [0.1, 0.15) is 5.82 Å². The van der Waals surface area contributed by atoms with Crippen LogP contribution in [0.4, 0.5) is 5.82 Å². The topological polar surface area (TPSA) is 61.0 Å². The molecule has 1 fully saturated rings. The third-order valence-corrected chi connectivity index (χ3v) is 2.59. The molecule has 1 aromatic rings. The maximum atomic E-state index is 11.6. The number of amides is 1. The summed E-state index contributed by atoms with van der Waals surface area (Å²) in [6.45, 7) is 3.49. The van der Waals surface area contributed by atoms with Crippen molar-refractivity contribution in [2.45, 2.75) is 25.8 Å². The van der Waals surface area contributed by atoms with Gasteiger partial charge in [-0.15, -0.1) is 0 Å². The predicted octanol–water partition coefficient (Wildman–Crippen LogP) is 0.832. The SMILES string of the molecule is CCN(CC(=O)Nc1ccn[nH]1)C1CC1. The van der Waals surface area contributed by atoms with E-state index in [0.29, 0.717) is 18.4 Å². The van der Waals surface area contributed by atoms with Crippen LogP contribution in [0.2, 0.25) is 0 Å². The van der Waals surface area contributed by atoms with Gasteiger partial charge in [0, 0.05) is 12.1 Å². The molecule has 1 aliphatic carbocycles. The number of hydrogen-bond donors (Lipinski definition) is 2. The number of aromatic nitrogens is 2. The minimum Gasteiger partial charge on any atom is -0.310 e. The molecule has 1 amide bonds. The maximum absolute atomic E-state index is 11.6. The first kappa shape index (κ1) is 10.2. The van der Waals surface area contributed by atoms with Gasteiger partial charge in [-0.25, -0.2) is 0 Å². The Kier molecular flexibility index (Phi) is 3.01. The highest BCUT2D eigenvalue weighted by Gasteiger charge is 2.28. The summed E-state index contributed by atoms with van der Waals surface area (Å²) in [4.78, 5) is 13.8. The zero-order valence-corrected chi connectivity index (χ0v) is 8.86. The van der Waals surface area contributed by atoms with Crippen molar-refractivity contribution >= 4 is 11.7 Å². The number of likely N-dealkylation sites (N-methyl/N-ethyl adjacent to an activating group) is 1. The van der Waals surface area contributed by atoms with Gasteiger partial charge in [-0.3, -0.25) is 14.8 Å². The highest BCUT2D eigenvalue weighted by molar-refractivity contribution is 5.91. The number of anilines is 1. The van der Waals surface area contributed by atoms with Crippen LogP contribution in [0.3, 0.4) is 0 Å². The molecular weight excluding hydrogens is 192 g/mol. The molecular formula is C10H16N4O. The van der Waals surface area contributed by atoms with Gasteiger partial charge < -0.3 is 5.32 Å². The zero-order chi connectivity index (χ0) is 10.7. The predicted molar refractivity (Wildman–Crippen MR) is 57.5 cm³/mol. The molecule has 0 aromatic carbocycles. The highest BCUT2D eigenvalue weighted by Crippen LogP contribution is 2.26. The molecule has 1 aromatic heterocycles. The van der Waals surface area contributed by atoms with Crippen molar-refractivity contribution in [3.05, 3.63) is 12.3 Å². The Morgan fingerprint density at radius 1 is 1.73 bits per heavy atom. The number of nitrogens with one attached hydrogen (secondary N) is 2. The van der Waals surface area contributed by atoms with E-state index in [-0.39, 0.29) is 5.91 Å². The van der Waals surface area contributed by atoms with Crippen molar-refractivity contribution in [2.24, 2.45) is 0 Å². The van der Waals surface area contributed by atoms with Crippen LogP contribution in [0.5, 0.6) is 0 Å². The normalized spacial score (nSPS) is 15.6. The zero-order valence-electron chi connectivity index (χ0n) is 8.86. The van der Waals surface area contributed by atoms with Crippen molar-refractivity contribution in [2.75, 3.05) is 18.4 Å². The molecule has 2 N–H and O–H groups in total. The molecule has 0 atom stereocenters. The molecule has 0 unspecified atom stereocenters. The summed E-state index contributed by atoms with van der Waals surface area (Å²) in [6.07, 6.45) is 4.07. The van der Waals surface area contributed by atoms with E-state index in [1.165, 1.54) is 12.8 Å². The van der Waals surface area contributed by atoms with Crippen LogP contribution in [0.1, 0.15) is 19.8 Å². The fourth-order valence-electron chi connectivity index (χ4n) is 1.64. The van der Waals surface area contributed by atoms with Gasteiger partial charge in [-0.1, -0.05) is 6.92 Å². The Labute approximate surface area is 88.8 Å². The molecule has 1 aliphatic rings. The van der Waals surface area contributed by atoms with Gasteiger partial charge in [0.25, 0.3) is 0 Å². The number of carbonyl (C=O) groups excluding carboxylic acids is 1. The molecule has 1 heterocycles. The fraction of sp³-hybridized carbons (Fsp3) is 0.600. The molecule has 0 aliphatic heterocycles. The third kappa shape index (κ3) is 2.79. The van der Waals surface area contributed by atoms with Crippen LogP contribution < -0.4 is 5.32 Å². The number of hydrogen-bond acceptors (Lipinski definition) is 3. The largest absolute Gasteiger partial charge is 0.310 e. The van der Waals surface area contributed by atoms with E-state index in [9.17, 15) is 4.79 Å². The van der Waals surface area contributed by atoms with Gasteiger partial charge in [0.2, 0.25) is 5.91 Å². The van der Waals surface area contributed by atoms with E-state index in [2.05, 4.69) is 27.3 Å². The number of carbonyl (C=O) groups is 1. The molecule has 5 nitrogen and oxygen atoms in total. The second-order valence-electron chi connectivity index (χ2n) is 3.81. The number of H-pyrrole nitrogens is 1. The molecule has 82 valence electrons. The average molecular weight is 208 g/mol. The average Bonchev–Trinajstić information content (AvgIpc) is 2.95. The summed E-state index contributed by atoms with van der Waals surface area (Å²) in [6, 6.07) is 2.37. The van der Waals surface area contributed by atoms with Crippen molar-refractivity contribution in [1.29, 1.82) is 0 Å². The Bertz CT molecular complexity index is 318. The van der Waals surface area contributed by atoms with E-state index in [4.69, 9.17) is 0 Å². The van der Waals surface area contributed by atoms with E-state index in [0.717, 1.165) is 6.54 Å².